The lowest BCUT2D eigenvalue weighted by molar-refractivity contribution is 0.272. The Bertz CT molecular complexity index is 544. The lowest BCUT2D eigenvalue weighted by Crippen LogP contribution is -2.45. The first-order valence-corrected chi connectivity index (χ1v) is 8.08. The lowest BCUT2D eigenvalue weighted by atomic mass is 10.3. The number of nitrogens with zero attached hydrogens (tertiary/aromatic N) is 1. The van der Waals surface area contributed by atoms with Crippen LogP contribution < -0.4 is 9.46 Å². The number of benzene rings is 1. The van der Waals surface area contributed by atoms with Crippen molar-refractivity contribution in [1.29, 1.82) is 0 Å². The van der Waals surface area contributed by atoms with Gasteiger partial charge in [-0.05, 0) is 31.9 Å². The van der Waals surface area contributed by atoms with E-state index in [1.165, 1.54) is 16.4 Å². The lowest BCUT2D eigenvalue weighted by Gasteiger charge is -2.20. The molecule has 1 saturated heterocycles. The molecular weight excluding hydrogens is 283 g/mol. The van der Waals surface area contributed by atoms with Crippen molar-refractivity contribution >= 4 is 10.2 Å². The summed E-state index contributed by atoms with van der Waals surface area (Å²) in [6, 6.07) is 5.62. The van der Waals surface area contributed by atoms with Gasteiger partial charge in [-0.25, -0.2) is 4.39 Å². The molecule has 112 valence electrons. The van der Waals surface area contributed by atoms with Crippen LogP contribution in [0, 0.1) is 5.82 Å². The molecule has 1 aliphatic rings. The molecule has 2 rings (SSSR count). The number of halogens is 1. The molecule has 0 amide bonds. The summed E-state index contributed by atoms with van der Waals surface area (Å²) in [5.41, 5.74) is 0. The zero-order valence-electron chi connectivity index (χ0n) is 11.4. The van der Waals surface area contributed by atoms with Gasteiger partial charge in [-0.1, -0.05) is 12.1 Å². The van der Waals surface area contributed by atoms with Crippen LogP contribution in [-0.2, 0) is 10.2 Å². The highest BCUT2D eigenvalue weighted by Crippen LogP contribution is 2.16. The largest absolute Gasteiger partial charge is 0.489 e. The van der Waals surface area contributed by atoms with Crippen LogP contribution in [-0.4, -0.2) is 38.5 Å². The van der Waals surface area contributed by atoms with E-state index in [-0.39, 0.29) is 12.4 Å². The summed E-state index contributed by atoms with van der Waals surface area (Å²) in [4.78, 5) is 0. The van der Waals surface area contributed by atoms with Gasteiger partial charge < -0.3 is 4.74 Å². The van der Waals surface area contributed by atoms with E-state index in [1.807, 2.05) is 0 Å². The Hall–Kier alpha value is -1.18. The summed E-state index contributed by atoms with van der Waals surface area (Å²) in [5.74, 6) is -0.332. The Morgan fingerprint density at radius 3 is 2.65 bits per heavy atom. The van der Waals surface area contributed by atoms with Gasteiger partial charge in [0.2, 0.25) is 0 Å². The van der Waals surface area contributed by atoms with E-state index in [4.69, 9.17) is 4.74 Å². The summed E-state index contributed by atoms with van der Waals surface area (Å²) in [7, 11) is -3.46. The van der Waals surface area contributed by atoms with Crippen molar-refractivity contribution in [3.05, 3.63) is 30.1 Å². The van der Waals surface area contributed by atoms with Crippen molar-refractivity contribution in [3.63, 3.8) is 0 Å². The summed E-state index contributed by atoms with van der Waals surface area (Å²) in [5, 5.41) is 0. The van der Waals surface area contributed by atoms with Crippen LogP contribution in [0.5, 0.6) is 5.75 Å². The molecule has 1 heterocycles. The first-order chi connectivity index (χ1) is 9.49. The molecule has 1 aliphatic heterocycles. The number of rotatable bonds is 6. The predicted octanol–water partition coefficient (Wildman–Crippen LogP) is 1.52. The van der Waals surface area contributed by atoms with Crippen LogP contribution in [0.25, 0.3) is 0 Å². The van der Waals surface area contributed by atoms with Gasteiger partial charge in [0.15, 0.2) is 11.6 Å². The molecule has 0 aliphatic carbocycles. The number of ether oxygens (including phenoxy) is 1. The van der Waals surface area contributed by atoms with Gasteiger partial charge in [0.05, 0.1) is 6.04 Å². The van der Waals surface area contributed by atoms with Crippen molar-refractivity contribution in [3.8, 4) is 5.75 Å². The molecule has 20 heavy (non-hydrogen) atoms. The molecule has 5 nitrogen and oxygen atoms in total. The second-order valence-electron chi connectivity index (χ2n) is 4.87. The van der Waals surface area contributed by atoms with E-state index in [1.54, 1.807) is 19.1 Å². The zero-order valence-corrected chi connectivity index (χ0v) is 12.2. The monoisotopic (exact) mass is 302 g/mol. The highest BCUT2D eigenvalue weighted by molar-refractivity contribution is 7.87. The molecular formula is C13H19FN2O3S. The normalized spacial score (nSPS) is 18.1. The van der Waals surface area contributed by atoms with Crippen molar-refractivity contribution in [2.24, 2.45) is 0 Å². The van der Waals surface area contributed by atoms with E-state index in [9.17, 15) is 12.8 Å². The fourth-order valence-corrected chi connectivity index (χ4v) is 3.53. The molecule has 1 aromatic carbocycles. The van der Waals surface area contributed by atoms with Gasteiger partial charge in [-0.3, -0.25) is 0 Å². The van der Waals surface area contributed by atoms with Crippen LogP contribution in [0.1, 0.15) is 19.8 Å². The van der Waals surface area contributed by atoms with Gasteiger partial charge in [0.25, 0.3) is 10.2 Å². The molecule has 0 radical (unpaired) electrons. The highest BCUT2D eigenvalue weighted by atomic mass is 32.2. The Balaban J connectivity index is 1.86. The summed E-state index contributed by atoms with van der Waals surface area (Å²) in [6.45, 7) is 2.87. The van der Waals surface area contributed by atoms with E-state index < -0.39 is 22.1 Å². The first-order valence-electron chi connectivity index (χ1n) is 6.64. The third-order valence-electron chi connectivity index (χ3n) is 3.08. The van der Waals surface area contributed by atoms with Gasteiger partial charge in [0, 0.05) is 13.1 Å². The molecule has 7 heteroatoms. The average Bonchev–Trinajstić information content (AvgIpc) is 2.92. The molecule has 1 atom stereocenters. The fourth-order valence-electron chi connectivity index (χ4n) is 2.07. The second-order valence-corrected chi connectivity index (χ2v) is 6.57. The summed E-state index contributed by atoms with van der Waals surface area (Å²) >= 11 is 0. The Labute approximate surface area is 118 Å². The molecule has 1 N–H and O–H groups in total. The number of hydrogen-bond donors (Lipinski definition) is 1. The molecule has 1 aromatic rings. The van der Waals surface area contributed by atoms with E-state index in [0.717, 1.165) is 12.8 Å². The van der Waals surface area contributed by atoms with Crippen LogP contribution in [0.4, 0.5) is 4.39 Å². The maximum Gasteiger partial charge on any atom is 0.279 e. The smallest absolute Gasteiger partial charge is 0.279 e. The first kappa shape index (κ1) is 15.2. The van der Waals surface area contributed by atoms with Crippen LogP contribution >= 0.6 is 0 Å². The van der Waals surface area contributed by atoms with Crippen LogP contribution in [0.2, 0.25) is 0 Å². The number of nitrogens with one attached hydrogen (secondary N) is 1. The van der Waals surface area contributed by atoms with E-state index in [0.29, 0.717) is 13.1 Å². The van der Waals surface area contributed by atoms with Gasteiger partial charge in [-0.15, -0.1) is 0 Å². The van der Waals surface area contributed by atoms with E-state index >= 15 is 0 Å². The SMILES string of the molecule is C[C@H](COc1ccccc1F)NS(=O)(=O)N1CCCC1. The quantitative estimate of drug-likeness (QED) is 0.867. The third-order valence-corrected chi connectivity index (χ3v) is 4.83. The fraction of sp³-hybridized carbons (Fsp3) is 0.538. The van der Waals surface area contributed by atoms with Gasteiger partial charge >= 0.3 is 0 Å². The molecule has 0 aromatic heterocycles. The standard InChI is InChI=1S/C13H19FN2O3S/c1-11(10-19-13-7-3-2-6-12(13)14)15-20(17,18)16-8-4-5-9-16/h2-3,6-7,11,15H,4-5,8-10H2,1H3/t11-/m1/s1. The van der Waals surface area contributed by atoms with Crippen molar-refractivity contribution < 1.29 is 17.5 Å². The summed E-state index contributed by atoms with van der Waals surface area (Å²) < 4.78 is 46.6. The molecule has 0 saturated carbocycles. The molecule has 0 spiro atoms. The molecule has 0 bridgehead atoms. The van der Waals surface area contributed by atoms with Crippen LogP contribution in [0.15, 0.2) is 24.3 Å². The minimum atomic E-state index is -3.46. The number of hydrogen-bond acceptors (Lipinski definition) is 3. The van der Waals surface area contributed by atoms with E-state index in [2.05, 4.69) is 4.72 Å². The Kier molecular flexibility index (Phi) is 4.95. The summed E-state index contributed by atoms with van der Waals surface area (Å²) in [6.07, 6.45) is 1.78. The van der Waals surface area contributed by atoms with Crippen molar-refractivity contribution in [2.45, 2.75) is 25.8 Å². The molecule has 1 fully saturated rings. The second kappa shape index (κ2) is 6.51. The third kappa shape index (κ3) is 3.91. The van der Waals surface area contributed by atoms with Crippen molar-refractivity contribution in [2.75, 3.05) is 19.7 Å². The average molecular weight is 302 g/mol. The van der Waals surface area contributed by atoms with Crippen molar-refractivity contribution in [1.82, 2.24) is 9.03 Å². The number of para-hydroxylation sites is 1. The van der Waals surface area contributed by atoms with Gasteiger partial charge in [0.1, 0.15) is 6.61 Å². The Morgan fingerprint density at radius 2 is 2.00 bits per heavy atom. The van der Waals surface area contributed by atoms with Gasteiger partial charge in [-0.2, -0.15) is 17.4 Å². The maximum absolute atomic E-state index is 13.4. The highest BCUT2D eigenvalue weighted by Gasteiger charge is 2.26. The predicted molar refractivity (Wildman–Crippen MR) is 74.2 cm³/mol. The minimum absolute atomic E-state index is 0.0774. The van der Waals surface area contributed by atoms with Crippen LogP contribution in [0.3, 0.4) is 0 Å². The maximum atomic E-state index is 13.4. The molecule has 0 unspecified atom stereocenters. The topological polar surface area (TPSA) is 58.6 Å². The minimum Gasteiger partial charge on any atom is -0.489 e. The zero-order chi connectivity index (χ0) is 14.6. The Morgan fingerprint density at radius 1 is 1.35 bits per heavy atom.